The van der Waals surface area contributed by atoms with E-state index in [1.807, 2.05) is 13.8 Å². The summed E-state index contributed by atoms with van der Waals surface area (Å²) in [5.41, 5.74) is 0.186. The van der Waals surface area contributed by atoms with Gasteiger partial charge in [0.1, 0.15) is 0 Å². The number of benzene rings is 1. The Kier molecular flexibility index (Phi) is 5.44. The van der Waals surface area contributed by atoms with Crippen LogP contribution in [-0.4, -0.2) is 23.3 Å². The second kappa shape index (κ2) is 6.41. The van der Waals surface area contributed by atoms with Gasteiger partial charge in [0, 0.05) is 22.3 Å². The summed E-state index contributed by atoms with van der Waals surface area (Å²) in [5.74, 6) is 0. The van der Waals surface area contributed by atoms with Gasteiger partial charge in [0.25, 0.3) is 0 Å². The Morgan fingerprint density at radius 1 is 1.50 bits per heavy atom. The minimum Gasteiger partial charge on any atom is -0.396 e. The van der Waals surface area contributed by atoms with Gasteiger partial charge in [-0.15, -0.1) is 0 Å². The number of amides is 2. The van der Waals surface area contributed by atoms with Crippen LogP contribution < -0.4 is 10.6 Å². The average Bonchev–Trinajstić information content (AvgIpc) is 2.22. The van der Waals surface area contributed by atoms with Crippen molar-refractivity contribution in [3.8, 4) is 0 Å². The molecule has 100 valence electrons. The molecule has 0 heterocycles. The molecule has 0 unspecified atom stereocenters. The van der Waals surface area contributed by atoms with Crippen molar-refractivity contribution in [1.82, 2.24) is 5.32 Å². The third kappa shape index (κ3) is 4.84. The Bertz CT molecular complexity index is 438. The third-order valence-corrected chi connectivity index (χ3v) is 3.58. The molecule has 1 aromatic rings. The fraction of sp³-hybridized carbons (Fsp3) is 0.417. The number of rotatable bonds is 4. The number of carbonyl (C=O) groups excluding carboxylic acids is 1. The highest BCUT2D eigenvalue weighted by Crippen LogP contribution is 2.25. The zero-order chi connectivity index (χ0) is 13.8. The smallest absolute Gasteiger partial charge is 0.319 e. The molecule has 0 fully saturated rings. The van der Waals surface area contributed by atoms with E-state index >= 15 is 0 Å². The summed E-state index contributed by atoms with van der Waals surface area (Å²) in [6.07, 6.45) is 0.491. The topological polar surface area (TPSA) is 61.4 Å². The standard InChI is InChI=1S/C12H16BrClN2O2/c1-12(2,5-6-17)16-11(18)15-8-3-4-10(14)9(13)7-8/h3-4,7,17H,5-6H2,1-2H3,(H2,15,16,18). The van der Waals surface area contributed by atoms with E-state index in [2.05, 4.69) is 26.6 Å². The number of aliphatic hydroxyl groups excluding tert-OH is 1. The van der Waals surface area contributed by atoms with E-state index in [0.29, 0.717) is 17.1 Å². The van der Waals surface area contributed by atoms with Gasteiger partial charge >= 0.3 is 6.03 Å². The normalized spacial score (nSPS) is 11.2. The van der Waals surface area contributed by atoms with E-state index in [0.717, 1.165) is 4.47 Å². The van der Waals surface area contributed by atoms with E-state index in [4.69, 9.17) is 16.7 Å². The molecule has 3 N–H and O–H groups in total. The molecule has 0 atom stereocenters. The van der Waals surface area contributed by atoms with Gasteiger partial charge in [-0.25, -0.2) is 4.79 Å². The number of urea groups is 1. The van der Waals surface area contributed by atoms with E-state index < -0.39 is 5.54 Å². The van der Waals surface area contributed by atoms with Gasteiger partial charge in [0.15, 0.2) is 0 Å². The summed E-state index contributed by atoms with van der Waals surface area (Å²) < 4.78 is 0.719. The minimum absolute atomic E-state index is 0.0276. The van der Waals surface area contributed by atoms with Crippen LogP contribution in [0, 0.1) is 0 Å². The summed E-state index contributed by atoms with van der Waals surface area (Å²) in [7, 11) is 0. The second-order valence-corrected chi connectivity index (χ2v) is 5.83. The molecule has 2 amide bonds. The van der Waals surface area contributed by atoms with E-state index in [1.54, 1.807) is 18.2 Å². The van der Waals surface area contributed by atoms with Crippen LogP contribution in [0.3, 0.4) is 0 Å². The Morgan fingerprint density at radius 2 is 2.17 bits per heavy atom. The molecule has 0 aliphatic carbocycles. The number of hydrogen-bond donors (Lipinski definition) is 3. The lowest BCUT2D eigenvalue weighted by atomic mass is 10.0. The largest absolute Gasteiger partial charge is 0.396 e. The zero-order valence-corrected chi connectivity index (χ0v) is 12.6. The summed E-state index contributed by atoms with van der Waals surface area (Å²) >= 11 is 9.15. The van der Waals surface area contributed by atoms with Gasteiger partial charge < -0.3 is 15.7 Å². The van der Waals surface area contributed by atoms with Crippen LogP contribution in [0.25, 0.3) is 0 Å². The maximum atomic E-state index is 11.7. The first-order chi connectivity index (χ1) is 8.34. The predicted molar refractivity (Wildman–Crippen MR) is 77.1 cm³/mol. The first kappa shape index (κ1) is 15.3. The SMILES string of the molecule is CC(C)(CCO)NC(=O)Nc1ccc(Cl)c(Br)c1. The van der Waals surface area contributed by atoms with Crippen molar-refractivity contribution in [3.05, 3.63) is 27.7 Å². The number of carbonyl (C=O) groups is 1. The molecular weight excluding hydrogens is 320 g/mol. The lowest BCUT2D eigenvalue weighted by Gasteiger charge is -2.25. The van der Waals surface area contributed by atoms with Crippen molar-refractivity contribution >= 4 is 39.2 Å². The molecule has 0 radical (unpaired) electrons. The van der Waals surface area contributed by atoms with Crippen LogP contribution in [0.2, 0.25) is 5.02 Å². The predicted octanol–water partition coefficient (Wildman–Crippen LogP) is 3.39. The molecule has 18 heavy (non-hydrogen) atoms. The Morgan fingerprint density at radius 3 is 2.72 bits per heavy atom. The third-order valence-electron chi connectivity index (χ3n) is 2.37. The van der Waals surface area contributed by atoms with Crippen molar-refractivity contribution in [2.75, 3.05) is 11.9 Å². The lowest BCUT2D eigenvalue weighted by Crippen LogP contribution is -2.46. The van der Waals surface area contributed by atoms with Gasteiger partial charge in [-0.2, -0.15) is 0 Å². The average molecular weight is 336 g/mol. The van der Waals surface area contributed by atoms with E-state index in [9.17, 15) is 4.79 Å². The van der Waals surface area contributed by atoms with Gasteiger partial charge in [-0.05, 0) is 54.4 Å². The summed E-state index contributed by atoms with van der Waals surface area (Å²) in [4.78, 5) is 11.7. The van der Waals surface area contributed by atoms with Crippen LogP contribution in [0.15, 0.2) is 22.7 Å². The van der Waals surface area contributed by atoms with Crippen LogP contribution in [0.1, 0.15) is 20.3 Å². The van der Waals surface area contributed by atoms with E-state index in [-0.39, 0.29) is 12.6 Å². The summed E-state index contributed by atoms with van der Waals surface area (Å²) in [6.45, 7) is 3.72. The molecule has 0 spiro atoms. The molecule has 0 aliphatic heterocycles. The number of nitrogens with one attached hydrogen (secondary N) is 2. The number of anilines is 1. The van der Waals surface area contributed by atoms with E-state index in [1.165, 1.54) is 0 Å². The Hall–Kier alpha value is -0.780. The van der Waals surface area contributed by atoms with Gasteiger partial charge in [0.2, 0.25) is 0 Å². The van der Waals surface area contributed by atoms with Crippen molar-refractivity contribution in [3.63, 3.8) is 0 Å². The molecule has 4 nitrogen and oxygen atoms in total. The minimum atomic E-state index is -0.456. The lowest BCUT2D eigenvalue weighted by molar-refractivity contribution is 0.218. The number of halogens is 2. The Labute approximate surface area is 120 Å². The maximum Gasteiger partial charge on any atom is 0.319 e. The molecule has 1 aromatic carbocycles. The first-order valence-electron chi connectivity index (χ1n) is 5.49. The van der Waals surface area contributed by atoms with Crippen molar-refractivity contribution in [1.29, 1.82) is 0 Å². The highest BCUT2D eigenvalue weighted by molar-refractivity contribution is 9.10. The van der Waals surface area contributed by atoms with Gasteiger partial charge in [0.05, 0.1) is 5.02 Å². The Balaban J connectivity index is 2.62. The zero-order valence-electron chi connectivity index (χ0n) is 10.3. The van der Waals surface area contributed by atoms with Crippen LogP contribution >= 0.6 is 27.5 Å². The first-order valence-corrected chi connectivity index (χ1v) is 6.66. The highest BCUT2D eigenvalue weighted by atomic mass is 79.9. The monoisotopic (exact) mass is 334 g/mol. The highest BCUT2D eigenvalue weighted by Gasteiger charge is 2.19. The molecule has 0 bridgehead atoms. The van der Waals surface area contributed by atoms with Gasteiger partial charge in [-0.3, -0.25) is 0 Å². The molecule has 0 aromatic heterocycles. The van der Waals surface area contributed by atoms with Crippen molar-refractivity contribution in [2.24, 2.45) is 0 Å². The number of aliphatic hydroxyl groups is 1. The quantitative estimate of drug-likeness (QED) is 0.790. The van der Waals surface area contributed by atoms with Crippen LogP contribution in [0.4, 0.5) is 10.5 Å². The maximum absolute atomic E-state index is 11.7. The fourth-order valence-electron chi connectivity index (χ4n) is 1.39. The molecule has 0 saturated heterocycles. The van der Waals surface area contributed by atoms with Gasteiger partial charge in [-0.1, -0.05) is 11.6 Å². The van der Waals surface area contributed by atoms with Crippen molar-refractivity contribution in [2.45, 2.75) is 25.8 Å². The summed E-state index contributed by atoms with van der Waals surface area (Å²) in [5, 5.41) is 14.9. The van der Waals surface area contributed by atoms with Crippen LogP contribution in [-0.2, 0) is 0 Å². The molecular formula is C12H16BrClN2O2. The molecule has 0 saturated carbocycles. The fourth-order valence-corrected chi connectivity index (χ4v) is 1.88. The summed E-state index contributed by atoms with van der Waals surface area (Å²) in [6, 6.07) is 4.81. The number of hydrogen-bond acceptors (Lipinski definition) is 2. The molecule has 0 aliphatic rings. The van der Waals surface area contributed by atoms with Crippen LogP contribution in [0.5, 0.6) is 0 Å². The molecule has 1 rings (SSSR count). The molecule has 6 heteroatoms. The van der Waals surface area contributed by atoms with Crippen molar-refractivity contribution < 1.29 is 9.90 Å². The second-order valence-electron chi connectivity index (χ2n) is 4.57.